The monoisotopic (exact) mass is 176 g/mol. The van der Waals surface area contributed by atoms with E-state index in [0.29, 0.717) is 6.17 Å². The maximum Gasteiger partial charge on any atom is 0.119 e. The van der Waals surface area contributed by atoms with Crippen LogP contribution in [0, 0.1) is 0 Å². The first kappa shape index (κ1) is 8.54. The van der Waals surface area contributed by atoms with Crippen molar-refractivity contribution in [3.05, 3.63) is 23.4 Å². The molecule has 1 N–H and O–H groups in total. The number of aliphatic imine (C=N–C) groups is 1. The smallest absolute Gasteiger partial charge is 0.119 e. The van der Waals surface area contributed by atoms with Gasteiger partial charge in [-0.3, -0.25) is 4.99 Å². The zero-order valence-corrected chi connectivity index (χ0v) is 8.30. The van der Waals surface area contributed by atoms with E-state index in [4.69, 9.17) is 0 Å². The van der Waals surface area contributed by atoms with Gasteiger partial charge in [-0.15, -0.1) is 0 Å². The summed E-state index contributed by atoms with van der Waals surface area (Å²) in [4.78, 5) is 4.65. The van der Waals surface area contributed by atoms with Crippen LogP contribution in [0.2, 0.25) is 0 Å². The van der Waals surface area contributed by atoms with E-state index in [2.05, 4.69) is 36.3 Å². The van der Waals surface area contributed by atoms with E-state index < -0.39 is 0 Å². The second-order valence-corrected chi connectivity index (χ2v) is 3.67. The van der Waals surface area contributed by atoms with Crippen molar-refractivity contribution in [3.8, 4) is 0 Å². The molecule has 0 aromatic heterocycles. The molecule has 0 aromatic carbocycles. The molecule has 1 atom stereocenters. The van der Waals surface area contributed by atoms with E-state index in [9.17, 15) is 0 Å². The van der Waals surface area contributed by atoms with Crippen LogP contribution in [-0.2, 0) is 0 Å². The Morgan fingerprint density at radius 3 is 3.08 bits per heavy atom. The normalized spacial score (nSPS) is 25.7. The summed E-state index contributed by atoms with van der Waals surface area (Å²) in [5.74, 6) is 0. The Morgan fingerprint density at radius 1 is 1.54 bits per heavy atom. The Morgan fingerprint density at radius 2 is 2.38 bits per heavy atom. The van der Waals surface area contributed by atoms with Crippen molar-refractivity contribution in [2.45, 2.75) is 39.3 Å². The summed E-state index contributed by atoms with van der Waals surface area (Å²) in [6.45, 7) is 4.34. The second-order valence-electron chi connectivity index (χ2n) is 3.67. The number of hydrogen-bond donors (Lipinski definition) is 1. The van der Waals surface area contributed by atoms with Gasteiger partial charge < -0.3 is 5.32 Å². The van der Waals surface area contributed by atoms with Crippen LogP contribution in [0.3, 0.4) is 0 Å². The van der Waals surface area contributed by atoms with Gasteiger partial charge in [0.2, 0.25) is 0 Å². The Labute approximate surface area is 79.4 Å². The minimum Gasteiger partial charge on any atom is -0.362 e. The molecule has 0 unspecified atom stereocenters. The van der Waals surface area contributed by atoms with Crippen molar-refractivity contribution >= 4 is 5.71 Å². The van der Waals surface area contributed by atoms with Crippen molar-refractivity contribution in [2.75, 3.05) is 0 Å². The topological polar surface area (TPSA) is 24.4 Å². The highest BCUT2D eigenvalue weighted by molar-refractivity contribution is 6.13. The van der Waals surface area contributed by atoms with Crippen LogP contribution in [0.25, 0.3) is 0 Å². The third kappa shape index (κ3) is 1.53. The molecule has 0 fully saturated rings. The zero-order chi connectivity index (χ0) is 9.26. The lowest BCUT2D eigenvalue weighted by atomic mass is 10.0. The molecule has 1 heterocycles. The van der Waals surface area contributed by atoms with Gasteiger partial charge in [-0.2, -0.15) is 0 Å². The van der Waals surface area contributed by atoms with Gasteiger partial charge in [0.05, 0.1) is 11.4 Å². The summed E-state index contributed by atoms with van der Waals surface area (Å²) < 4.78 is 0. The van der Waals surface area contributed by atoms with Crippen molar-refractivity contribution in [3.63, 3.8) is 0 Å². The van der Waals surface area contributed by atoms with Gasteiger partial charge in [0.1, 0.15) is 6.17 Å². The fourth-order valence-electron chi connectivity index (χ4n) is 1.84. The fraction of sp³-hybridized carbons (Fsp3) is 0.545. The largest absolute Gasteiger partial charge is 0.362 e. The average molecular weight is 176 g/mol. The van der Waals surface area contributed by atoms with Crippen LogP contribution in [0.15, 0.2) is 28.4 Å². The van der Waals surface area contributed by atoms with Crippen LogP contribution in [0.5, 0.6) is 0 Å². The second kappa shape index (κ2) is 3.36. The summed E-state index contributed by atoms with van der Waals surface area (Å²) in [6, 6.07) is 0. The molecule has 13 heavy (non-hydrogen) atoms. The Balaban J connectivity index is 2.17. The number of hydrogen-bond acceptors (Lipinski definition) is 2. The highest BCUT2D eigenvalue weighted by Crippen LogP contribution is 2.21. The highest BCUT2D eigenvalue weighted by Gasteiger charge is 2.22. The first-order valence-corrected chi connectivity index (χ1v) is 5.03. The van der Waals surface area contributed by atoms with Gasteiger partial charge in [-0.25, -0.2) is 0 Å². The predicted molar refractivity (Wildman–Crippen MR) is 55.7 cm³/mol. The van der Waals surface area contributed by atoms with Crippen LogP contribution in [-0.4, -0.2) is 11.9 Å². The number of nitrogens with one attached hydrogen (secondary N) is 1. The number of fused-ring (bicyclic) bond motifs is 1. The van der Waals surface area contributed by atoms with E-state index in [-0.39, 0.29) is 0 Å². The summed E-state index contributed by atoms with van der Waals surface area (Å²) in [5, 5.41) is 3.44. The number of allylic oxidation sites excluding steroid dienone is 3. The lowest BCUT2D eigenvalue weighted by molar-refractivity contribution is 0.570. The van der Waals surface area contributed by atoms with E-state index in [1.54, 1.807) is 0 Å². The van der Waals surface area contributed by atoms with Crippen molar-refractivity contribution in [1.82, 2.24) is 5.32 Å². The van der Waals surface area contributed by atoms with E-state index in [1.165, 1.54) is 23.4 Å². The molecule has 0 spiro atoms. The maximum absolute atomic E-state index is 4.65. The Hall–Kier alpha value is -1.05. The van der Waals surface area contributed by atoms with E-state index >= 15 is 0 Å². The molecule has 2 aliphatic rings. The molecular formula is C11H16N2. The quantitative estimate of drug-likeness (QED) is 0.686. The molecule has 0 radical (unpaired) electrons. The number of nitrogens with zero attached hydrogens (tertiary/aromatic N) is 1. The van der Waals surface area contributed by atoms with Gasteiger partial charge in [-0.1, -0.05) is 25.5 Å². The first-order valence-electron chi connectivity index (χ1n) is 5.03. The summed E-state index contributed by atoms with van der Waals surface area (Å²) in [6.07, 6.45) is 8.15. The maximum atomic E-state index is 4.65. The average Bonchev–Trinajstić information content (AvgIpc) is 2.49. The molecule has 0 saturated heterocycles. The molecule has 2 nitrogen and oxygen atoms in total. The van der Waals surface area contributed by atoms with E-state index in [1.807, 2.05) is 0 Å². The summed E-state index contributed by atoms with van der Waals surface area (Å²) in [7, 11) is 0. The predicted octanol–water partition coefficient (Wildman–Crippen LogP) is 2.39. The molecule has 2 heteroatoms. The lowest BCUT2D eigenvalue weighted by Gasteiger charge is -2.10. The Bertz CT molecular complexity index is 297. The third-order valence-corrected chi connectivity index (χ3v) is 2.54. The van der Waals surface area contributed by atoms with Gasteiger partial charge in [0.15, 0.2) is 0 Å². The van der Waals surface area contributed by atoms with Crippen LogP contribution < -0.4 is 5.32 Å². The number of rotatable bonds is 2. The molecule has 2 rings (SSSR count). The molecule has 0 aromatic rings. The summed E-state index contributed by atoms with van der Waals surface area (Å²) in [5.41, 5.74) is 3.76. The van der Waals surface area contributed by atoms with Gasteiger partial charge in [0.25, 0.3) is 0 Å². The van der Waals surface area contributed by atoms with Crippen molar-refractivity contribution in [1.29, 1.82) is 0 Å². The van der Waals surface area contributed by atoms with Gasteiger partial charge in [-0.05, 0) is 25.3 Å². The molecule has 0 saturated carbocycles. The van der Waals surface area contributed by atoms with Gasteiger partial charge >= 0.3 is 0 Å². The van der Waals surface area contributed by atoms with Crippen LogP contribution >= 0.6 is 0 Å². The molecular weight excluding hydrogens is 160 g/mol. The standard InChI is InChI=1S/C11H16N2/c1-3-5-10-12-9-7-4-6-8(2)11(9)13-10/h6-7,10,12H,3-5H2,1-2H3/t10-/m1/s1. The SMILES string of the molecule is CCC[C@H]1N=C2C(C)=CCC=C2N1. The molecule has 1 aliphatic carbocycles. The van der Waals surface area contributed by atoms with Gasteiger partial charge in [0, 0.05) is 0 Å². The molecule has 0 amide bonds. The highest BCUT2D eigenvalue weighted by atomic mass is 15.1. The first-order chi connectivity index (χ1) is 6.31. The minimum atomic E-state index is 0.327. The van der Waals surface area contributed by atoms with Crippen LogP contribution in [0.1, 0.15) is 33.1 Å². The summed E-state index contributed by atoms with van der Waals surface area (Å²) >= 11 is 0. The minimum absolute atomic E-state index is 0.327. The Kier molecular flexibility index (Phi) is 2.21. The molecule has 70 valence electrons. The fourth-order valence-corrected chi connectivity index (χ4v) is 1.84. The zero-order valence-electron chi connectivity index (χ0n) is 8.30. The molecule has 0 bridgehead atoms. The van der Waals surface area contributed by atoms with Crippen molar-refractivity contribution in [2.24, 2.45) is 4.99 Å². The van der Waals surface area contributed by atoms with Crippen LogP contribution in [0.4, 0.5) is 0 Å². The third-order valence-electron chi connectivity index (χ3n) is 2.54. The van der Waals surface area contributed by atoms with E-state index in [0.717, 1.165) is 12.8 Å². The lowest BCUT2D eigenvalue weighted by Crippen LogP contribution is -2.22. The molecule has 1 aliphatic heterocycles. The van der Waals surface area contributed by atoms with Crippen molar-refractivity contribution < 1.29 is 0 Å².